The van der Waals surface area contributed by atoms with Gasteiger partial charge in [-0.1, -0.05) is 19.3 Å². The van der Waals surface area contributed by atoms with Gasteiger partial charge in [-0.2, -0.15) is 0 Å². The second-order valence-electron chi connectivity index (χ2n) is 4.86. The highest BCUT2D eigenvalue weighted by Crippen LogP contribution is 2.28. The Bertz CT molecular complexity index is 348. The molecule has 6 heteroatoms. The molecule has 0 spiro atoms. The van der Waals surface area contributed by atoms with Crippen molar-refractivity contribution in [3.63, 3.8) is 0 Å². The van der Waals surface area contributed by atoms with Crippen LogP contribution in [-0.2, 0) is 14.4 Å². The van der Waals surface area contributed by atoms with Gasteiger partial charge < -0.3 is 15.7 Å². The van der Waals surface area contributed by atoms with Gasteiger partial charge >= 0.3 is 5.97 Å². The van der Waals surface area contributed by atoms with E-state index in [1.807, 2.05) is 0 Å². The van der Waals surface area contributed by atoms with Gasteiger partial charge in [0.15, 0.2) is 0 Å². The molecule has 1 saturated carbocycles. The summed E-state index contributed by atoms with van der Waals surface area (Å²) in [6, 6.07) is -0.722. The Labute approximate surface area is 106 Å². The lowest BCUT2D eigenvalue weighted by molar-refractivity contribution is -0.149. The fourth-order valence-corrected chi connectivity index (χ4v) is 2.26. The van der Waals surface area contributed by atoms with Crippen LogP contribution < -0.4 is 10.6 Å². The molecule has 6 nitrogen and oxygen atoms in total. The minimum atomic E-state index is -1.16. The van der Waals surface area contributed by atoms with Crippen LogP contribution in [0, 0.1) is 0 Å². The molecule has 18 heavy (non-hydrogen) atoms. The summed E-state index contributed by atoms with van der Waals surface area (Å²) in [5.41, 5.74) is -1.16. The Kier molecular flexibility index (Phi) is 4.69. The van der Waals surface area contributed by atoms with Crippen molar-refractivity contribution in [2.45, 2.75) is 57.5 Å². The average Bonchev–Trinajstić information content (AvgIpc) is 2.29. The molecule has 0 radical (unpaired) electrons. The lowest BCUT2D eigenvalue weighted by atomic mass is 9.81. The SMILES string of the molecule is CC(=O)NC(C)C(=O)NC1(C(=O)O)CCCCC1. The molecule has 1 atom stereocenters. The van der Waals surface area contributed by atoms with Crippen molar-refractivity contribution in [3.05, 3.63) is 0 Å². The molecule has 102 valence electrons. The zero-order valence-corrected chi connectivity index (χ0v) is 10.8. The molecular formula is C12H20N2O4. The molecule has 0 saturated heterocycles. The third kappa shape index (κ3) is 3.45. The van der Waals surface area contributed by atoms with E-state index in [-0.39, 0.29) is 5.91 Å². The number of nitrogens with one attached hydrogen (secondary N) is 2. The third-order valence-electron chi connectivity index (χ3n) is 3.29. The first kappa shape index (κ1) is 14.5. The number of aliphatic carboxylic acids is 1. The number of rotatable bonds is 4. The van der Waals surface area contributed by atoms with Gasteiger partial charge in [0.1, 0.15) is 11.6 Å². The molecule has 1 aliphatic rings. The number of carbonyl (C=O) groups is 3. The maximum atomic E-state index is 11.9. The van der Waals surface area contributed by atoms with Gasteiger partial charge in [0.2, 0.25) is 11.8 Å². The number of carbonyl (C=O) groups excluding carboxylic acids is 2. The number of hydrogen-bond acceptors (Lipinski definition) is 3. The summed E-state index contributed by atoms with van der Waals surface area (Å²) in [4.78, 5) is 34.1. The predicted octanol–water partition coefficient (Wildman–Crippen LogP) is 0.415. The van der Waals surface area contributed by atoms with E-state index in [0.717, 1.165) is 19.3 Å². The lowest BCUT2D eigenvalue weighted by Crippen LogP contribution is -2.59. The number of hydrogen-bond donors (Lipinski definition) is 3. The summed E-state index contributed by atoms with van der Waals surface area (Å²) < 4.78 is 0. The fraction of sp³-hybridized carbons (Fsp3) is 0.750. The van der Waals surface area contributed by atoms with Crippen LogP contribution in [0.4, 0.5) is 0 Å². The minimum Gasteiger partial charge on any atom is -0.480 e. The normalized spacial score (nSPS) is 19.7. The van der Waals surface area contributed by atoms with Crippen LogP contribution in [0.3, 0.4) is 0 Å². The third-order valence-corrected chi connectivity index (χ3v) is 3.29. The van der Waals surface area contributed by atoms with Crippen LogP contribution >= 0.6 is 0 Å². The van der Waals surface area contributed by atoms with E-state index < -0.39 is 23.5 Å². The summed E-state index contributed by atoms with van der Waals surface area (Å²) in [5.74, 6) is -1.76. The van der Waals surface area contributed by atoms with Crippen LogP contribution in [-0.4, -0.2) is 34.5 Å². The molecule has 1 fully saturated rings. The Balaban J connectivity index is 2.69. The molecule has 0 aromatic carbocycles. The van der Waals surface area contributed by atoms with Crippen molar-refractivity contribution < 1.29 is 19.5 Å². The van der Waals surface area contributed by atoms with Gasteiger partial charge in [0, 0.05) is 6.92 Å². The van der Waals surface area contributed by atoms with Crippen molar-refractivity contribution in [2.75, 3.05) is 0 Å². The number of carboxylic acids is 1. The van der Waals surface area contributed by atoms with Gasteiger partial charge in [0.25, 0.3) is 0 Å². The predicted molar refractivity (Wildman–Crippen MR) is 64.9 cm³/mol. The largest absolute Gasteiger partial charge is 0.480 e. The van der Waals surface area contributed by atoms with Gasteiger partial charge in [-0.05, 0) is 19.8 Å². The molecule has 3 N–H and O–H groups in total. The van der Waals surface area contributed by atoms with E-state index in [1.54, 1.807) is 0 Å². The van der Waals surface area contributed by atoms with E-state index in [4.69, 9.17) is 0 Å². The van der Waals surface area contributed by atoms with E-state index in [2.05, 4.69) is 10.6 Å². The number of carboxylic acid groups (broad SMARTS) is 1. The molecule has 1 aliphatic carbocycles. The van der Waals surface area contributed by atoms with Gasteiger partial charge in [-0.25, -0.2) is 4.79 Å². The van der Waals surface area contributed by atoms with E-state index in [1.165, 1.54) is 13.8 Å². The van der Waals surface area contributed by atoms with Crippen LogP contribution in [0.1, 0.15) is 46.0 Å². The summed E-state index contributed by atoms with van der Waals surface area (Å²) in [5, 5.41) is 14.3. The summed E-state index contributed by atoms with van der Waals surface area (Å²) in [6.45, 7) is 2.85. The first-order chi connectivity index (χ1) is 8.37. The van der Waals surface area contributed by atoms with Gasteiger partial charge in [0.05, 0.1) is 0 Å². The summed E-state index contributed by atoms with van der Waals surface area (Å²) in [7, 11) is 0. The highest BCUT2D eigenvalue weighted by Gasteiger charge is 2.41. The Morgan fingerprint density at radius 3 is 2.17 bits per heavy atom. The highest BCUT2D eigenvalue weighted by molar-refractivity contribution is 5.91. The van der Waals surface area contributed by atoms with Gasteiger partial charge in [-0.3, -0.25) is 9.59 Å². The molecule has 0 aliphatic heterocycles. The zero-order valence-electron chi connectivity index (χ0n) is 10.8. The Morgan fingerprint density at radius 1 is 1.17 bits per heavy atom. The molecule has 0 heterocycles. The van der Waals surface area contributed by atoms with Crippen molar-refractivity contribution >= 4 is 17.8 Å². The first-order valence-electron chi connectivity index (χ1n) is 6.20. The maximum Gasteiger partial charge on any atom is 0.329 e. The monoisotopic (exact) mass is 256 g/mol. The maximum absolute atomic E-state index is 11.9. The standard InChI is InChI=1S/C12H20N2O4/c1-8(13-9(2)15)10(16)14-12(11(17)18)6-4-3-5-7-12/h8H,3-7H2,1-2H3,(H,13,15)(H,14,16)(H,17,18). The number of amides is 2. The van der Waals surface area contributed by atoms with Crippen molar-refractivity contribution in [1.29, 1.82) is 0 Å². The van der Waals surface area contributed by atoms with Crippen LogP contribution in [0.2, 0.25) is 0 Å². The Morgan fingerprint density at radius 2 is 1.72 bits per heavy atom. The smallest absolute Gasteiger partial charge is 0.329 e. The second kappa shape index (κ2) is 5.84. The average molecular weight is 256 g/mol. The molecule has 1 unspecified atom stereocenters. The molecule has 1 rings (SSSR count). The van der Waals surface area contributed by atoms with Crippen molar-refractivity contribution in [3.8, 4) is 0 Å². The van der Waals surface area contributed by atoms with E-state index >= 15 is 0 Å². The summed E-state index contributed by atoms with van der Waals surface area (Å²) >= 11 is 0. The second-order valence-corrected chi connectivity index (χ2v) is 4.86. The lowest BCUT2D eigenvalue weighted by Gasteiger charge is -2.34. The van der Waals surface area contributed by atoms with Gasteiger partial charge in [-0.15, -0.1) is 0 Å². The quantitative estimate of drug-likeness (QED) is 0.679. The van der Waals surface area contributed by atoms with Crippen LogP contribution in [0.15, 0.2) is 0 Å². The topological polar surface area (TPSA) is 95.5 Å². The molecule has 2 amide bonds. The Hall–Kier alpha value is -1.59. The molecular weight excluding hydrogens is 236 g/mol. The molecule has 0 aromatic heterocycles. The van der Waals surface area contributed by atoms with E-state index in [0.29, 0.717) is 12.8 Å². The summed E-state index contributed by atoms with van der Waals surface area (Å²) in [6.07, 6.45) is 3.47. The molecule has 0 bridgehead atoms. The zero-order chi connectivity index (χ0) is 13.8. The van der Waals surface area contributed by atoms with Crippen molar-refractivity contribution in [2.24, 2.45) is 0 Å². The minimum absolute atomic E-state index is 0.314. The van der Waals surface area contributed by atoms with Crippen LogP contribution in [0.25, 0.3) is 0 Å². The first-order valence-corrected chi connectivity index (χ1v) is 6.20. The molecule has 0 aromatic rings. The van der Waals surface area contributed by atoms with E-state index in [9.17, 15) is 19.5 Å². The van der Waals surface area contributed by atoms with Crippen molar-refractivity contribution in [1.82, 2.24) is 10.6 Å². The fourth-order valence-electron chi connectivity index (χ4n) is 2.26. The van der Waals surface area contributed by atoms with Crippen LogP contribution in [0.5, 0.6) is 0 Å². The highest BCUT2D eigenvalue weighted by atomic mass is 16.4.